The Bertz CT molecular complexity index is 411. The number of carbonyl (C=O) groups excluding carboxylic acids is 1. The molecule has 0 aromatic carbocycles. The van der Waals surface area contributed by atoms with E-state index in [9.17, 15) is 9.59 Å². The van der Waals surface area contributed by atoms with E-state index in [4.69, 9.17) is 5.11 Å². The van der Waals surface area contributed by atoms with Gasteiger partial charge in [-0.05, 0) is 27.4 Å². The van der Waals surface area contributed by atoms with Gasteiger partial charge >= 0.3 is 5.97 Å². The van der Waals surface area contributed by atoms with Crippen LogP contribution >= 0.6 is 27.3 Å². The molecule has 1 aromatic rings. The topological polar surface area (TPSA) is 57.6 Å². The van der Waals surface area contributed by atoms with Crippen LogP contribution in [0.5, 0.6) is 0 Å². The average Bonchev–Trinajstić information content (AvgIpc) is 2.47. The molecule has 0 aliphatic carbocycles. The Morgan fingerprint density at radius 2 is 2.20 bits per heavy atom. The minimum Gasteiger partial charge on any atom is -0.481 e. The Morgan fingerprint density at radius 1 is 1.53 bits per heavy atom. The molecule has 1 aromatic heterocycles. The van der Waals surface area contributed by atoms with Crippen molar-refractivity contribution in [3.05, 3.63) is 20.8 Å². The number of amides is 1. The number of hydrogen-bond donors (Lipinski definition) is 1. The third kappa shape index (κ3) is 1.91. The van der Waals surface area contributed by atoms with Gasteiger partial charge in [0.1, 0.15) is 4.88 Å². The van der Waals surface area contributed by atoms with Crippen molar-refractivity contribution in [3.63, 3.8) is 0 Å². The fourth-order valence-corrected chi connectivity index (χ4v) is 2.90. The average molecular weight is 290 g/mol. The molecule has 2 rings (SSSR count). The standard InChI is InChI=1S/C9H8BrNO3S/c10-6-1-2-15-7(6)8(12)11-3-5(4-11)9(13)14/h1-2,5H,3-4H2,(H,13,14). The summed E-state index contributed by atoms with van der Waals surface area (Å²) in [6.45, 7) is 0.636. The molecule has 1 aliphatic heterocycles. The number of likely N-dealkylation sites (tertiary alicyclic amines) is 1. The monoisotopic (exact) mass is 289 g/mol. The molecule has 0 atom stereocenters. The van der Waals surface area contributed by atoms with Crippen LogP contribution < -0.4 is 0 Å². The van der Waals surface area contributed by atoms with E-state index in [1.165, 1.54) is 11.3 Å². The summed E-state index contributed by atoms with van der Waals surface area (Å²) in [5.74, 6) is -1.31. The Balaban J connectivity index is 2.01. The first-order valence-electron chi connectivity index (χ1n) is 4.34. The molecule has 1 N–H and O–H groups in total. The molecular formula is C9H8BrNO3S. The molecule has 0 spiro atoms. The van der Waals surface area contributed by atoms with E-state index in [2.05, 4.69) is 15.9 Å². The van der Waals surface area contributed by atoms with Crippen LogP contribution in [-0.4, -0.2) is 35.0 Å². The molecule has 6 heteroatoms. The van der Waals surface area contributed by atoms with Crippen LogP contribution in [-0.2, 0) is 4.79 Å². The number of thiophene rings is 1. The number of aliphatic carboxylic acids is 1. The predicted octanol–water partition coefficient (Wildman–Crippen LogP) is 1.67. The lowest BCUT2D eigenvalue weighted by atomic mass is 10.0. The van der Waals surface area contributed by atoms with Gasteiger partial charge in [0.15, 0.2) is 0 Å². The molecule has 1 amide bonds. The molecule has 1 saturated heterocycles. The van der Waals surface area contributed by atoms with Crippen LogP contribution in [0.25, 0.3) is 0 Å². The van der Waals surface area contributed by atoms with Gasteiger partial charge in [0.05, 0.1) is 5.92 Å². The minimum atomic E-state index is -0.829. The van der Waals surface area contributed by atoms with Crippen molar-refractivity contribution in [1.82, 2.24) is 4.90 Å². The van der Waals surface area contributed by atoms with Crippen molar-refractivity contribution < 1.29 is 14.7 Å². The lowest BCUT2D eigenvalue weighted by molar-refractivity contribution is -0.146. The summed E-state index contributed by atoms with van der Waals surface area (Å²) >= 11 is 4.64. The normalized spacial score (nSPS) is 16.2. The minimum absolute atomic E-state index is 0.0885. The molecule has 0 unspecified atom stereocenters. The predicted molar refractivity (Wildman–Crippen MR) is 59.0 cm³/mol. The van der Waals surface area contributed by atoms with Crippen LogP contribution in [0.15, 0.2) is 15.9 Å². The largest absolute Gasteiger partial charge is 0.481 e. The third-order valence-corrected chi connectivity index (χ3v) is 4.16. The van der Waals surface area contributed by atoms with Crippen molar-refractivity contribution in [2.45, 2.75) is 0 Å². The number of rotatable bonds is 2. The van der Waals surface area contributed by atoms with Gasteiger partial charge in [0.2, 0.25) is 0 Å². The highest BCUT2D eigenvalue weighted by Gasteiger charge is 2.36. The van der Waals surface area contributed by atoms with Crippen LogP contribution in [0.4, 0.5) is 0 Å². The Morgan fingerprint density at radius 3 is 2.67 bits per heavy atom. The molecule has 2 heterocycles. The molecule has 0 bridgehead atoms. The van der Waals surface area contributed by atoms with E-state index < -0.39 is 11.9 Å². The number of carbonyl (C=O) groups is 2. The Hall–Kier alpha value is -0.880. The van der Waals surface area contributed by atoms with Gasteiger partial charge in [-0.2, -0.15) is 0 Å². The van der Waals surface area contributed by atoms with Gasteiger partial charge < -0.3 is 10.0 Å². The zero-order valence-electron chi connectivity index (χ0n) is 7.64. The second-order valence-corrected chi connectivity index (χ2v) is 5.11. The molecule has 1 aliphatic rings. The maximum atomic E-state index is 11.8. The second-order valence-electron chi connectivity index (χ2n) is 3.34. The van der Waals surface area contributed by atoms with Crippen LogP contribution in [0.1, 0.15) is 9.67 Å². The third-order valence-electron chi connectivity index (χ3n) is 2.33. The van der Waals surface area contributed by atoms with Crippen molar-refractivity contribution in [2.24, 2.45) is 5.92 Å². The Labute approximate surface area is 98.6 Å². The summed E-state index contributed by atoms with van der Waals surface area (Å²) in [6, 6.07) is 1.81. The molecule has 15 heavy (non-hydrogen) atoms. The zero-order chi connectivity index (χ0) is 11.0. The van der Waals surface area contributed by atoms with Gasteiger partial charge in [0, 0.05) is 17.6 Å². The van der Waals surface area contributed by atoms with Crippen molar-refractivity contribution in [2.75, 3.05) is 13.1 Å². The second kappa shape index (κ2) is 3.94. The number of carboxylic acids is 1. The summed E-state index contributed by atoms with van der Waals surface area (Å²) < 4.78 is 0.774. The van der Waals surface area contributed by atoms with Crippen molar-refractivity contribution in [1.29, 1.82) is 0 Å². The quantitative estimate of drug-likeness (QED) is 0.901. The molecule has 0 saturated carbocycles. The number of halogens is 1. The summed E-state index contributed by atoms with van der Waals surface area (Å²) in [7, 11) is 0. The first-order chi connectivity index (χ1) is 7.09. The summed E-state index contributed by atoms with van der Waals surface area (Å²) in [5, 5.41) is 10.5. The SMILES string of the molecule is O=C(O)C1CN(C(=O)c2sccc2Br)C1. The van der Waals surface area contributed by atoms with E-state index in [0.717, 1.165) is 4.47 Å². The van der Waals surface area contributed by atoms with Gasteiger partial charge in [-0.25, -0.2) is 0 Å². The highest BCUT2D eigenvalue weighted by atomic mass is 79.9. The molecule has 80 valence electrons. The first kappa shape index (κ1) is 10.6. The Kier molecular flexibility index (Phi) is 2.79. The van der Waals surface area contributed by atoms with E-state index in [0.29, 0.717) is 18.0 Å². The van der Waals surface area contributed by atoms with Gasteiger partial charge in [-0.3, -0.25) is 9.59 Å². The maximum absolute atomic E-state index is 11.8. The van der Waals surface area contributed by atoms with Crippen LogP contribution in [0, 0.1) is 5.92 Å². The molecular weight excluding hydrogens is 282 g/mol. The van der Waals surface area contributed by atoms with Crippen molar-refractivity contribution in [3.8, 4) is 0 Å². The van der Waals surface area contributed by atoms with Gasteiger partial charge in [0.25, 0.3) is 5.91 Å². The summed E-state index contributed by atoms with van der Waals surface area (Å²) in [5.41, 5.74) is 0. The zero-order valence-corrected chi connectivity index (χ0v) is 10.0. The van der Waals surface area contributed by atoms with E-state index in [-0.39, 0.29) is 5.91 Å². The fraction of sp³-hybridized carbons (Fsp3) is 0.333. The van der Waals surface area contributed by atoms with Gasteiger partial charge in [-0.1, -0.05) is 0 Å². The van der Waals surface area contributed by atoms with E-state index >= 15 is 0 Å². The maximum Gasteiger partial charge on any atom is 0.310 e. The van der Waals surface area contributed by atoms with E-state index in [1.807, 2.05) is 11.4 Å². The van der Waals surface area contributed by atoms with Crippen LogP contribution in [0.3, 0.4) is 0 Å². The highest BCUT2D eigenvalue weighted by Crippen LogP contribution is 2.27. The van der Waals surface area contributed by atoms with Crippen LogP contribution in [0.2, 0.25) is 0 Å². The van der Waals surface area contributed by atoms with Gasteiger partial charge in [-0.15, -0.1) is 11.3 Å². The van der Waals surface area contributed by atoms with E-state index in [1.54, 1.807) is 4.90 Å². The number of nitrogens with zero attached hydrogens (tertiary/aromatic N) is 1. The van der Waals surface area contributed by atoms with Crippen molar-refractivity contribution >= 4 is 39.1 Å². The lowest BCUT2D eigenvalue weighted by Crippen LogP contribution is -2.52. The molecule has 4 nitrogen and oxygen atoms in total. The molecule has 1 fully saturated rings. The first-order valence-corrected chi connectivity index (χ1v) is 6.02. The summed E-state index contributed by atoms with van der Waals surface area (Å²) in [6.07, 6.45) is 0. The number of carboxylic acid groups (broad SMARTS) is 1. The smallest absolute Gasteiger partial charge is 0.310 e. The highest BCUT2D eigenvalue weighted by molar-refractivity contribution is 9.10. The molecule has 0 radical (unpaired) electrons. The number of hydrogen-bond acceptors (Lipinski definition) is 3. The lowest BCUT2D eigenvalue weighted by Gasteiger charge is -2.36. The summed E-state index contributed by atoms with van der Waals surface area (Å²) in [4.78, 5) is 24.5. The fourth-order valence-electron chi connectivity index (χ4n) is 1.39.